The fraction of sp³-hybridized carbons (Fsp3) is 0.895. The fourth-order valence-corrected chi connectivity index (χ4v) is 4.99. The molecule has 0 aromatic rings. The van der Waals surface area contributed by atoms with E-state index in [-0.39, 0.29) is 31.9 Å². The van der Waals surface area contributed by atoms with Gasteiger partial charge in [0.15, 0.2) is 6.29 Å². The maximum absolute atomic E-state index is 12.8. The summed E-state index contributed by atoms with van der Waals surface area (Å²) >= 11 is 0. The lowest BCUT2D eigenvalue weighted by Gasteiger charge is -2.40. The standard InChI is InChI=1S/C19H27F3N2O5/c20-19(21,22)17(25)24-12-7-8-13(24)10-23(9-12)18(26)27-11-16-28-14-5-3-1-2-4-6-15(14)29-16/h12-16H,1-11H2/t12?,13?,14-,15+,16-. The van der Waals surface area contributed by atoms with E-state index in [1.165, 1.54) is 17.7 Å². The number of hydrogen-bond acceptors (Lipinski definition) is 5. The fourth-order valence-electron chi connectivity index (χ4n) is 4.99. The third-order valence-corrected chi connectivity index (χ3v) is 6.36. The second-order valence-corrected chi connectivity index (χ2v) is 8.35. The lowest BCUT2D eigenvalue weighted by atomic mass is 9.96. The average Bonchev–Trinajstić information content (AvgIpc) is 3.14. The van der Waals surface area contributed by atoms with Gasteiger partial charge in [-0.25, -0.2) is 4.79 Å². The number of halogens is 3. The van der Waals surface area contributed by atoms with Crippen LogP contribution in [0.5, 0.6) is 0 Å². The lowest BCUT2D eigenvalue weighted by molar-refractivity contribution is -0.190. The Morgan fingerprint density at radius 2 is 1.45 bits per heavy atom. The highest BCUT2D eigenvalue weighted by Gasteiger charge is 2.52. The molecule has 1 aliphatic carbocycles. The van der Waals surface area contributed by atoms with Gasteiger partial charge in [0.1, 0.15) is 6.61 Å². The second kappa shape index (κ2) is 8.29. The van der Waals surface area contributed by atoms with Crippen molar-refractivity contribution in [3.63, 3.8) is 0 Å². The molecule has 3 saturated heterocycles. The van der Waals surface area contributed by atoms with Crippen molar-refractivity contribution >= 4 is 12.0 Å². The minimum Gasteiger partial charge on any atom is -0.444 e. The number of alkyl halides is 3. The smallest absolute Gasteiger partial charge is 0.444 e. The van der Waals surface area contributed by atoms with E-state index in [0.717, 1.165) is 30.6 Å². The van der Waals surface area contributed by atoms with Gasteiger partial charge < -0.3 is 24.0 Å². The molecular formula is C19H27F3N2O5. The maximum atomic E-state index is 12.8. The number of rotatable bonds is 2. The summed E-state index contributed by atoms with van der Waals surface area (Å²) in [6.45, 7) is 0.0619. The zero-order valence-electron chi connectivity index (χ0n) is 16.2. The Kier molecular flexibility index (Phi) is 5.92. The molecule has 164 valence electrons. The Morgan fingerprint density at radius 3 is 1.97 bits per heavy atom. The van der Waals surface area contributed by atoms with E-state index in [4.69, 9.17) is 14.2 Å². The summed E-state index contributed by atoms with van der Waals surface area (Å²) in [6.07, 6.45) is 1.34. The van der Waals surface area contributed by atoms with Gasteiger partial charge in [-0.3, -0.25) is 4.79 Å². The normalized spacial score (nSPS) is 35.1. The molecular weight excluding hydrogens is 393 g/mol. The summed E-state index contributed by atoms with van der Waals surface area (Å²) in [4.78, 5) is 26.4. The summed E-state index contributed by atoms with van der Waals surface area (Å²) in [5, 5.41) is 0. The predicted octanol–water partition coefficient (Wildman–Crippen LogP) is 2.82. The summed E-state index contributed by atoms with van der Waals surface area (Å²) < 4.78 is 55.5. The number of nitrogens with zero attached hydrogens (tertiary/aromatic N) is 2. The van der Waals surface area contributed by atoms with Crippen molar-refractivity contribution in [2.24, 2.45) is 0 Å². The molecule has 0 aromatic heterocycles. The summed E-state index contributed by atoms with van der Waals surface area (Å²) in [5.41, 5.74) is 0. The van der Waals surface area contributed by atoms with Gasteiger partial charge in [0.25, 0.3) is 0 Å². The number of carbonyl (C=O) groups is 2. The van der Waals surface area contributed by atoms with E-state index >= 15 is 0 Å². The van der Waals surface area contributed by atoms with Crippen molar-refractivity contribution < 1.29 is 37.0 Å². The Labute approximate surface area is 167 Å². The molecule has 4 aliphatic rings. The van der Waals surface area contributed by atoms with Gasteiger partial charge >= 0.3 is 18.2 Å². The molecule has 5 atom stereocenters. The van der Waals surface area contributed by atoms with E-state index in [2.05, 4.69) is 0 Å². The van der Waals surface area contributed by atoms with Crippen LogP contribution in [-0.2, 0) is 19.0 Å². The van der Waals surface area contributed by atoms with Crippen molar-refractivity contribution in [2.45, 2.75) is 88.1 Å². The molecule has 3 heterocycles. The molecule has 2 amide bonds. The summed E-state index contributed by atoms with van der Waals surface area (Å²) in [5.74, 6) is -1.82. The van der Waals surface area contributed by atoms with Crippen LogP contribution in [0.2, 0.25) is 0 Å². The second-order valence-electron chi connectivity index (χ2n) is 8.35. The van der Waals surface area contributed by atoms with Gasteiger partial charge in [0.2, 0.25) is 0 Å². The van der Waals surface area contributed by atoms with Gasteiger partial charge in [0, 0.05) is 13.1 Å². The molecule has 7 nitrogen and oxygen atoms in total. The van der Waals surface area contributed by atoms with E-state index in [9.17, 15) is 22.8 Å². The van der Waals surface area contributed by atoms with Gasteiger partial charge in [-0.2, -0.15) is 13.2 Å². The van der Waals surface area contributed by atoms with Crippen molar-refractivity contribution in [3.05, 3.63) is 0 Å². The molecule has 2 bridgehead atoms. The number of piperazine rings is 1. The van der Waals surface area contributed by atoms with Gasteiger partial charge in [-0.1, -0.05) is 25.7 Å². The van der Waals surface area contributed by atoms with Crippen LogP contribution in [-0.4, -0.2) is 78.3 Å². The van der Waals surface area contributed by atoms with Crippen molar-refractivity contribution in [1.29, 1.82) is 0 Å². The highest BCUT2D eigenvalue weighted by Crippen LogP contribution is 2.34. The highest BCUT2D eigenvalue weighted by atomic mass is 19.4. The van der Waals surface area contributed by atoms with Crippen LogP contribution in [0.15, 0.2) is 0 Å². The molecule has 4 fully saturated rings. The van der Waals surface area contributed by atoms with Crippen LogP contribution in [0.4, 0.5) is 18.0 Å². The van der Waals surface area contributed by atoms with E-state index in [1.54, 1.807) is 0 Å². The van der Waals surface area contributed by atoms with Gasteiger partial charge in [-0.15, -0.1) is 0 Å². The SMILES string of the molecule is O=C(OC[C@H]1O[C@H]2CCCCCC[C@H]2O1)N1CC2CCC(C1)N2C(=O)C(F)(F)F. The Morgan fingerprint density at radius 1 is 0.897 bits per heavy atom. The van der Waals surface area contributed by atoms with Crippen molar-refractivity contribution in [1.82, 2.24) is 9.80 Å². The van der Waals surface area contributed by atoms with Crippen LogP contribution < -0.4 is 0 Å². The molecule has 4 rings (SSSR count). The largest absolute Gasteiger partial charge is 0.471 e. The molecule has 29 heavy (non-hydrogen) atoms. The summed E-state index contributed by atoms with van der Waals surface area (Å²) in [7, 11) is 0. The number of fused-ring (bicyclic) bond motifs is 3. The summed E-state index contributed by atoms with van der Waals surface area (Å²) in [6, 6.07) is -1.24. The number of likely N-dealkylation sites (tertiary alicyclic amines) is 1. The average molecular weight is 420 g/mol. The van der Waals surface area contributed by atoms with Crippen LogP contribution in [0.3, 0.4) is 0 Å². The number of hydrogen-bond donors (Lipinski definition) is 0. The van der Waals surface area contributed by atoms with Crippen LogP contribution >= 0.6 is 0 Å². The molecule has 0 spiro atoms. The minimum absolute atomic E-state index is 0.0340. The lowest BCUT2D eigenvalue weighted by Crippen LogP contribution is -2.59. The third-order valence-electron chi connectivity index (χ3n) is 6.36. The first-order valence-electron chi connectivity index (χ1n) is 10.4. The highest BCUT2D eigenvalue weighted by molar-refractivity contribution is 5.83. The zero-order chi connectivity index (χ0) is 20.6. The first kappa shape index (κ1) is 20.7. The van der Waals surface area contributed by atoms with Gasteiger partial charge in [0.05, 0.1) is 24.3 Å². The molecule has 1 saturated carbocycles. The molecule has 3 aliphatic heterocycles. The zero-order valence-corrected chi connectivity index (χ0v) is 16.2. The topological polar surface area (TPSA) is 68.3 Å². The molecule has 2 unspecified atom stereocenters. The number of ether oxygens (including phenoxy) is 3. The van der Waals surface area contributed by atoms with Crippen molar-refractivity contribution in [3.8, 4) is 0 Å². The maximum Gasteiger partial charge on any atom is 0.471 e. The number of amides is 2. The molecule has 0 N–H and O–H groups in total. The molecule has 10 heteroatoms. The third kappa shape index (κ3) is 4.47. The van der Waals surface area contributed by atoms with Crippen LogP contribution in [0, 0.1) is 0 Å². The quantitative estimate of drug-likeness (QED) is 0.687. The van der Waals surface area contributed by atoms with E-state index in [1.807, 2.05) is 0 Å². The van der Waals surface area contributed by atoms with Crippen LogP contribution in [0.25, 0.3) is 0 Å². The minimum atomic E-state index is -4.89. The first-order chi connectivity index (χ1) is 13.8. The van der Waals surface area contributed by atoms with Crippen molar-refractivity contribution in [2.75, 3.05) is 19.7 Å². The molecule has 0 aromatic carbocycles. The monoisotopic (exact) mass is 420 g/mol. The Hall–Kier alpha value is -1.55. The van der Waals surface area contributed by atoms with E-state index in [0.29, 0.717) is 12.8 Å². The molecule has 0 radical (unpaired) electrons. The Bertz CT molecular complexity index is 601. The first-order valence-corrected chi connectivity index (χ1v) is 10.4. The van der Waals surface area contributed by atoms with E-state index < -0.39 is 36.6 Å². The van der Waals surface area contributed by atoms with Gasteiger partial charge in [-0.05, 0) is 25.7 Å². The number of carbonyl (C=O) groups excluding carboxylic acids is 2. The Balaban J connectivity index is 1.27. The van der Waals surface area contributed by atoms with Crippen LogP contribution in [0.1, 0.15) is 51.4 Å². The predicted molar refractivity (Wildman–Crippen MR) is 93.9 cm³/mol.